The maximum Gasteiger partial charge on any atom is 0.213 e. The first kappa shape index (κ1) is 16.6. The minimum Gasteiger partial charge on any atom is -0.469 e. The highest BCUT2D eigenvalue weighted by atomic mass is 16.5. The first-order valence-corrected chi connectivity index (χ1v) is 8.68. The number of aromatic nitrogens is 6. The van der Waals surface area contributed by atoms with Gasteiger partial charge in [0.25, 0.3) is 0 Å². The molecule has 0 unspecified atom stereocenters. The Bertz CT molecular complexity index is 880. The van der Waals surface area contributed by atoms with Crippen LogP contribution in [0, 0.1) is 6.92 Å². The van der Waals surface area contributed by atoms with Gasteiger partial charge >= 0.3 is 0 Å². The number of ether oxygens (including phenoxy) is 1. The summed E-state index contributed by atoms with van der Waals surface area (Å²) >= 11 is 0. The summed E-state index contributed by atoms with van der Waals surface area (Å²) in [5.74, 6) is 2.37. The number of aryl methyl sites for hydroxylation is 1. The summed E-state index contributed by atoms with van der Waals surface area (Å²) in [4.78, 5) is 15.3. The maximum atomic E-state index is 5.72. The average Bonchev–Trinajstić information content (AvgIpc) is 3.07. The van der Waals surface area contributed by atoms with Crippen LogP contribution in [0.15, 0.2) is 36.8 Å². The number of rotatable bonds is 5. The van der Waals surface area contributed by atoms with Gasteiger partial charge in [-0.05, 0) is 19.9 Å². The van der Waals surface area contributed by atoms with Gasteiger partial charge in [0.05, 0.1) is 17.4 Å². The quantitative estimate of drug-likeness (QED) is 0.694. The van der Waals surface area contributed by atoms with Crippen LogP contribution in [0.1, 0.15) is 36.0 Å². The van der Waals surface area contributed by atoms with E-state index >= 15 is 0 Å². The Morgan fingerprint density at radius 3 is 2.92 bits per heavy atom. The van der Waals surface area contributed by atoms with Crippen LogP contribution < -0.4 is 4.74 Å². The van der Waals surface area contributed by atoms with E-state index in [1.54, 1.807) is 12.4 Å². The fourth-order valence-corrected chi connectivity index (χ4v) is 3.18. The SMILES string of the molecule is Cc1cncc(CN2CCn3c(COc4ccccn4)nnc3[C@@H]2C)n1. The summed E-state index contributed by atoms with van der Waals surface area (Å²) in [7, 11) is 0. The molecule has 0 amide bonds. The summed E-state index contributed by atoms with van der Waals surface area (Å²) in [6, 6.07) is 5.75. The molecule has 8 nitrogen and oxygen atoms in total. The molecule has 4 rings (SSSR count). The van der Waals surface area contributed by atoms with Crippen molar-refractivity contribution in [1.29, 1.82) is 0 Å². The van der Waals surface area contributed by atoms with Gasteiger partial charge in [0.15, 0.2) is 5.82 Å². The van der Waals surface area contributed by atoms with Gasteiger partial charge in [0.2, 0.25) is 5.88 Å². The van der Waals surface area contributed by atoms with Crippen molar-refractivity contribution < 1.29 is 4.74 Å². The fraction of sp³-hybridized carbons (Fsp3) is 0.389. The van der Waals surface area contributed by atoms with Crippen molar-refractivity contribution in [1.82, 2.24) is 34.6 Å². The van der Waals surface area contributed by atoms with E-state index in [9.17, 15) is 0 Å². The molecule has 1 aliphatic heterocycles. The highest BCUT2D eigenvalue weighted by molar-refractivity contribution is 5.11. The normalized spacial score (nSPS) is 17.1. The zero-order valence-corrected chi connectivity index (χ0v) is 14.9. The van der Waals surface area contributed by atoms with Crippen LogP contribution in [0.3, 0.4) is 0 Å². The lowest BCUT2D eigenvalue weighted by Crippen LogP contribution is -2.37. The Kier molecular flexibility index (Phi) is 4.57. The predicted octanol–water partition coefficient (Wildman–Crippen LogP) is 1.93. The lowest BCUT2D eigenvalue weighted by molar-refractivity contribution is 0.150. The fourth-order valence-electron chi connectivity index (χ4n) is 3.18. The van der Waals surface area contributed by atoms with Crippen molar-refractivity contribution >= 4 is 0 Å². The molecule has 4 heterocycles. The smallest absolute Gasteiger partial charge is 0.213 e. The van der Waals surface area contributed by atoms with Crippen LogP contribution in [-0.2, 0) is 19.7 Å². The zero-order valence-electron chi connectivity index (χ0n) is 14.9. The lowest BCUT2D eigenvalue weighted by atomic mass is 10.2. The van der Waals surface area contributed by atoms with Crippen molar-refractivity contribution in [2.45, 2.75) is 39.6 Å². The molecule has 134 valence electrons. The van der Waals surface area contributed by atoms with Crippen molar-refractivity contribution in [2.24, 2.45) is 0 Å². The Labute approximate surface area is 151 Å². The molecule has 26 heavy (non-hydrogen) atoms. The number of fused-ring (bicyclic) bond motifs is 1. The lowest BCUT2D eigenvalue weighted by Gasteiger charge is -2.33. The molecule has 0 N–H and O–H groups in total. The molecule has 0 radical (unpaired) electrons. The standard InChI is InChI=1S/C18H21N7O/c1-13-9-19-10-15(21-13)11-24-7-8-25-16(22-23-18(25)14(24)2)12-26-17-5-3-4-6-20-17/h3-6,9-10,14H,7-8,11-12H2,1-2H3/t14-/m0/s1. The third-order valence-corrected chi connectivity index (χ3v) is 4.55. The van der Waals surface area contributed by atoms with Gasteiger partial charge in [0, 0.05) is 44.3 Å². The summed E-state index contributed by atoms with van der Waals surface area (Å²) in [5.41, 5.74) is 1.91. The number of nitrogens with zero attached hydrogens (tertiary/aromatic N) is 7. The summed E-state index contributed by atoms with van der Waals surface area (Å²) < 4.78 is 7.87. The second-order valence-corrected chi connectivity index (χ2v) is 6.38. The van der Waals surface area contributed by atoms with Crippen molar-refractivity contribution in [3.8, 4) is 5.88 Å². The molecule has 0 bridgehead atoms. The van der Waals surface area contributed by atoms with Gasteiger partial charge in [-0.2, -0.15) is 0 Å². The molecule has 0 aliphatic carbocycles. The molecule has 3 aromatic rings. The van der Waals surface area contributed by atoms with E-state index in [1.165, 1.54) is 0 Å². The molecule has 0 spiro atoms. The Morgan fingerprint density at radius 2 is 2.12 bits per heavy atom. The largest absolute Gasteiger partial charge is 0.469 e. The van der Waals surface area contributed by atoms with E-state index in [0.29, 0.717) is 12.5 Å². The predicted molar refractivity (Wildman–Crippen MR) is 94.2 cm³/mol. The maximum absolute atomic E-state index is 5.72. The van der Waals surface area contributed by atoms with Crippen LogP contribution in [0.25, 0.3) is 0 Å². The highest BCUT2D eigenvalue weighted by Crippen LogP contribution is 2.25. The summed E-state index contributed by atoms with van der Waals surface area (Å²) in [6.45, 7) is 6.95. The van der Waals surface area contributed by atoms with Crippen LogP contribution >= 0.6 is 0 Å². The van der Waals surface area contributed by atoms with Gasteiger partial charge in [-0.15, -0.1) is 10.2 Å². The third kappa shape index (κ3) is 3.41. The van der Waals surface area contributed by atoms with Crippen LogP contribution in [-0.4, -0.2) is 41.2 Å². The van der Waals surface area contributed by atoms with E-state index in [-0.39, 0.29) is 6.04 Å². The molecule has 8 heteroatoms. The number of hydrogen-bond acceptors (Lipinski definition) is 7. The minimum absolute atomic E-state index is 0.155. The number of pyridine rings is 1. The topological polar surface area (TPSA) is 81.9 Å². The molecule has 0 fully saturated rings. The minimum atomic E-state index is 0.155. The molecule has 3 aromatic heterocycles. The average molecular weight is 351 g/mol. The van der Waals surface area contributed by atoms with E-state index < -0.39 is 0 Å². The van der Waals surface area contributed by atoms with Gasteiger partial charge in [-0.1, -0.05) is 6.07 Å². The zero-order chi connectivity index (χ0) is 17.9. The van der Waals surface area contributed by atoms with Crippen molar-refractivity contribution in [3.05, 3.63) is 59.8 Å². The molecule has 0 saturated heterocycles. The highest BCUT2D eigenvalue weighted by Gasteiger charge is 2.28. The van der Waals surface area contributed by atoms with Gasteiger partial charge in [-0.3, -0.25) is 14.9 Å². The Morgan fingerprint density at radius 1 is 1.19 bits per heavy atom. The van der Waals surface area contributed by atoms with Crippen LogP contribution in [0.4, 0.5) is 0 Å². The molecule has 0 aromatic carbocycles. The van der Waals surface area contributed by atoms with Gasteiger partial charge in [-0.25, -0.2) is 4.98 Å². The summed E-state index contributed by atoms with van der Waals surface area (Å²) in [6.07, 6.45) is 5.31. The third-order valence-electron chi connectivity index (χ3n) is 4.55. The monoisotopic (exact) mass is 351 g/mol. The Hall–Kier alpha value is -2.87. The number of hydrogen-bond donors (Lipinski definition) is 0. The Balaban J connectivity index is 1.46. The molecule has 1 atom stereocenters. The second kappa shape index (κ2) is 7.17. The van der Waals surface area contributed by atoms with Gasteiger partial charge < -0.3 is 9.30 Å². The molecule has 0 saturated carbocycles. The van der Waals surface area contributed by atoms with E-state index in [2.05, 4.69) is 41.5 Å². The van der Waals surface area contributed by atoms with Crippen LogP contribution in [0.5, 0.6) is 5.88 Å². The van der Waals surface area contributed by atoms with E-state index in [0.717, 1.165) is 42.7 Å². The van der Waals surface area contributed by atoms with Crippen molar-refractivity contribution in [3.63, 3.8) is 0 Å². The van der Waals surface area contributed by atoms with E-state index in [4.69, 9.17) is 4.74 Å². The molecule has 1 aliphatic rings. The molecular weight excluding hydrogens is 330 g/mol. The van der Waals surface area contributed by atoms with Crippen molar-refractivity contribution in [2.75, 3.05) is 6.54 Å². The summed E-state index contributed by atoms with van der Waals surface area (Å²) in [5, 5.41) is 8.72. The van der Waals surface area contributed by atoms with Gasteiger partial charge in [0.1, 0.15) is 12.4 Å². The van der Waals surface area contributed by atoms with Crippen LogP contribution in [0.2, 0.25) is 0 Å². The molecular formula is C18H21N7O. The first-order chi connectivity index (χ1) is 12.7. The van der Waals surface area contributed by atoms with E-state index in [1.807, 2.05) is 31.3 Å². The first-order valence-electron chi connectivity index (χ1n) is 8.68. The second-order valence-electron chi connectivity index (χ2n) is 6.38.